The molecule has 2 nitrogen and oxygen atoms in total. The quantitative estimate of drug-likeness (QED) is 0.802. The summed E-state index contributed by atoms with van der Waals surface area (Å²) in [6, 6.07) is 1.82. The minimum absolute atomic E-state index is 0.0538. The molecule has 122 valence electrons. The molecule has 1 aliphatic heterocycles. The molecule has 1 aromatic carbocycles. The molecule has 1 aromatic rings. The van der Waals surface area contributed by atoms with E-state index in [1.165, 1.54) is 6.07 Å². The summed E-state index contributed by atoms with van der Waals surface area (Å²) < 4.78 is 65.5. The van der Waals surface area contributed by atoms with Crippen LogP contribution < -0.4 is 0 Å². The molecule has 1 unspecified atom stereocenters. The van der Waals surface area contributed by atoms with Gasteiger partial charge in [-0.1, -0.05) is 0 Å². The molecule has 1 N–H and O–H groups in total. The van der Waals surface area contributed by atoms with Gasteiger partial charge in [0.1, 0.15) is 11.6 Å². The Kier molecular flexibility index (Phi) is 3.68. The fourth-order valence-corrected chi connectivity index (χ4v) is 3.49. The maximum Gasteiger partial charge on any atom is 0.417 e. The Labute approximate surface area is 124 Å². The summed E-state index contributed by atoms with van der Waals surface area (Å²) in [6.45, 7) is 0.108. The molecule has 0 bridgehead atoms. The average molecular weight is 321 g/mol. The van der Waals surface area contributed by atoms with Crippen LogP contribution in [0, 0.1) is 11.6 Å². The normalized spacial score (nSPS) is 25.3. The van der Waals surface area contributed by atoms with Gasteiger partial charge in [0.2, 0.25) is 0 Å². The first-order valence-electron chi connectivity index (χ1n) is 7.22. The van der Waals surface area contributed by atoms with Gasteiger partial charge in [-0.05, 0) is 42.9 Å². The lowest BCUT2D eigenvalue weighted by molar-refractivity contribution is -0.273. The highest BCUT2D eigenvalue weighted by Crippen LogP contribution is 2.43. The molecule has 1 saturated heterocycles. The van der Waals surface area contributed by atoms with E-state index in [0.717, 1.165) is 6.07 Å². The topological polar surface area (TPSA) is 23.5 Å². The van der Waals surface area contributed by atoms with Gasteiger partial charge in [0, 0.05) is 25.2 Å². The zero-order valence-corrected chi connectivity index (χ0v) is 11.8. The van der Waals surface area contributed by atoms with Crippen molar-refractivity contribution in [2.24, 2.45) is 0 Å². The highest BCUT2D eigenvalue weighted by Gasteiger charge is 2.55. The van der Waals surface area contributed by atoms with Gasteiger partial charge in [0.15, 0.2) is 5.60 Å². The van der Waals surface area contributed by atoms with Crippen LogP contribution in [0.4, 0.5) is 22.0 Å². The SMILES string of the molecule is OC1(C(F)(F)F)CCN(C2CCc3c(F)cc(F)cc32)CC1. The van der Waals surface area contributed by atoms with E-state index in [0.29, 0.717) is 24.0 Å². The molecular weight excluding hydrogens is 305 g/mol. The lowest BCUT2D eigenvalue weighted by atomic mass is 9.89. The summed E-state index contributed by atoms with van der Waals surface area (Å²) in [5.41, 5.74) is -1.68. The van der Waals surface area contributed by atoms with Crippen LogP contribution in [0.3, 0.4) is 0 Å². The van der Waals surface area contributed by atoms with Crippen LogP contribution >= 0.6 is 0 Å². The highest BCUT2D eigenvalue weighted by molar-refractivity contribution is 5.36. The number of halogens is 5. The zero-order chi connectivity index (χ0) is 16.1. The number of benzene rings is 1. The van der Waals surface area contributed by atoms with Crippen molar-refractivity contribution >= 4 is 0 Å². The summed E-state index contributed by atoms with van der Waals surface area (Å²) in [7, 11) is 0. The van der Waals surface area contributed by atoms with Gasteiger partial charge in [-0.3, -0.25) is 4.90 Å². The van der Waals surface area contributed by atoms with Crippen LogP contribution in [-0.2, 0) is 6.42 Å². The molecule has 0 amide bonds. The molecule has 0 aromatic heterocycles. The van der Waals surface area contributed by atoms with Gasteiger partial charge in [-0.2, -0.15) is 13.2 Å². The Morgan fingerprint density at radius 2 is 1.77 bits per heavy atom. The van der Waals surface area contributed by atoms with Gasteiger partial charge in [0.05, 0.1) is 0 Å². The smallest absolute Gasteiger partial charge is 0.380 e. The highest BCUT2D eigenvalue weighted by atomic mass is 19.4. The number of alkyl halides is 3. The van der Waals surface area contributed by atoms with Gasteiger partial charge in [-0.25, -0.2) is 8.78 Å². The number of fused-ring (bicyclic) bond motifs is 1. The number of rotatable bonds is 1. The molecule has 1 heterocycles. The minimum atomic E-state index is -4.65. The van der Waals surface area contributed by atoms with E-state index in [2.05, 4.69) is 0 Å². The van der Waals surface area contributed by atoms with Crippen molar-refractivity contribution in [1.29, 1.82) is 0 Å². The number of piperidine rings is 1. The van der Waals surface area contributed by atoms with Crippen LogP contribution in [0.15, 0.2) is 12.1 Å². The van der Waals surface area contributed by atoms with E-state index in [9.17, 15) is 27.1 Å². The fraction of sp³-hybridized carbons (Fsp3) is 0.600. The Bertz CT molecular complexity index is 578. The molecule has 0 spiro atoms. The van der Waals surface area contributed by atoms with E-state index in [-0.39, 0.29) is 19.1 Å². The largest absolute Gasteiger partial charge is 0.417 e. The van der Waals surface area contributed by atoms with Crippen molar-refractivity contribution in [3.8, 4) is 0 Å². The molecule has 2 aliphatic rings. The van der Waals surface area contributed by atoms with E-state index in [1.54, 1.807) is 4.90 Å². The Balaban J connectivity index is 1.78. The second-order valence-electron chi connectivity index (χ2n) is 6.08. The Hall–Kier alpha value is -1.21. The molecule has 3 rings (SSSR count). The van der Waals surface area contributed by atoms with Gasteiger partial charge in [0.25, 0.3) is 0 Å². The number of hydrogen-bond donors (Lipinski definition) is 1. The van der Waals surface area contributed by atoms with E-state index >= 15 is 0 Å². The lowest BCUT2D eigenvalue weighted by Gasteiger charge is -2.41. The molecule has 1 aliphatic carbocycles. The summed E-state index contributed by atoms with van der Waals surface area (Å²) in [5.74, 6) is -1.27. The monoisotopic (exact) mass is 321 g/mol. The van der Waals surface area contributed by atoms with Crippen LogP contribution in [0.5, 0.6) is 0 Å². The molecule has 22 heavy (non-hydrogen) atoms. The molecule has 1 atom stereocenters. The Morgan fingerprint density at radius 3 is 2.36 bits per heavy atom. The first-order valence-corrected chi connectivity index (χ1v) is 7.22. The first kappa shape index (κ1) is 15.7. The minimum Gasteiger partial charge on any atom is -0.380 e. The lowest BCUT2D eigenvalue weighted by Crippen LogP contribution is -2.53. The summed E-state index contributed by atoms with van der Waals surface area (Å²) >= 11 is 0. The third-order valence-electron chi connectivity index (χ3n) is 4.82. The second kappa shape index (κ2) is 5.16. The van der Waals surface area contributed by atoms with E-state index in [1.807, 2.05) is 0 Å². The first-order chi connectivity index (χ1) is 10.2. The predicted molar refractivity (Wildman–Crippen MR) is 69.2 cm³/mol. The molecule has 7 heteroatoms. The number of nitrogens with zero attached hydrogens (tertiary/aromatic N) is 1. The van der Waals surface area contributed by atoms with Crippen molar-refractivity contribution in [3.63, 3.8) is 0 Å². The summed E-state index contributed by atoms with van der Waals surface area (Å²) in [6.07, 6.45) is -4.47. The van der Waals surface area contributed by atoms with Crippen molar-refractivity contribution in [2.45, 2.75) is 43.5 Å². The van der Waals surface area contributed by atoms with Crippen LogP contribution in [-0.4, -0.2) is 34.9 Å². The van der Waals surface area contributed by atoms with E-state index < -0.39 is 36.3 Å². The number of aliphatic hydroxyl groups is 1. The van der Waals surface area contributed by atoms with Crippen molar-refractivity contribution in [1.82, 2.24) is 4.90 Å². The Morgan fingerprint density at radius 1 is 1.14 bits per heavy atom. The number of hydrogen-bond acceptors (Lipinski definition) is 2. The molecular formula is C15H16F5NO. The maximum absolute atomic E-state index is 13.7. The molecule has 0 radical (unpaired) electrons. The van der Waals surface area contributed by atoms with Crippen molar-refractivity contribution in [3.05, 3.63) is 34.9 Å². The second-order valence-corrected chi connectivity index (χ2v) is 6.08. The maximum atomic E-state index is 13.7. The predicted octanol–water partition coefficient (Wildman–Crippen LogP) is 3.34. The van der Waals surface area contributed by atoms with Gasteiger partial charge >= 0.3 is 6.18 Å². The summed E-state index contributed by atoms with van der Waals surface area (Å²) in [5, 5.41) is 9.68. The van der Waals surface area contributed by atoms with Crippen molar-refractivity contribution in [2.75, 3.05) is 13.1 Å². The third-order valence-corrected chi connectivity index (χ3v) is 4.82. The van der Waals surface area contributed by atoms with Crippen LogP contribution in [0.1, 0.15) is 36.4 Å². The van der Waals surface area contributed by atoms with Crippen molar-refractivity contribution < 1.29 is 27.1 Å². The molecule has 0 saturated carbocycles. The van der Waals surface area contributed by atoms with E-state index in [4.69, 9.17) is 0 Å². The third kappa shape index (κ3) is 2.50. The molecule has 1 fully saturated rings. The zero-order valence-electron chi connectivity index (χ0n) is 11.8. The fourth-order valence-electron chi connectivity index (χ4n) is 3.49. The standard InChI is InChI=1S/C15H16F5NO/c16-9-7-11-10(12(17)8-9)1-2-13(11)21-5-3-14(22,4-6-21)15(18,19)20/h7-8,13,22H,1-6H2. The average Bonchev–Trinajstić information content (AvgIpc) is 2.82. The van der Waals surface area contributed by atoms with Gasteiger partial charge < -0.3 is 5.11 Å². The van der Waals surface area contributed by atoms with Crippen LogP contribution in [0.25, 0.3) is 0 Å². The van der Waals surface area contributed by atoms with Crippen LogP contribution in [0.2, 0.25) is 0 Å². The summed E-state index contributed by atoms with van der Waals surface area (Å²) in [4.78, 5) is 1.78. The number of likely N-dealkylation sites (tertiary alicyclic amines) is 1. The van der Waals surface area contributed by atoms with Gasteiger partial charge in [-0.15, -0.1) is 0 Å².